The minimum atomic E-state index is -0.112. The lowest BCUT2D eigenvalue weighted by molar-refractivity contribution is 0.276. The van der Waals surface area contributed by atoms with Crippen molar-refractivity contribution in [1.29, 1.82) is 0 Å². The van der Waals surface area contributed by atoms with Crippen LogP contribution in [-0.4, -0.2) is 31.3 Å². The number of aliphatic hydroxyl groups excluding tert-OH is 1. The van der Waals surface area contributed by atoms with E-state index in [1.54, 1.807) is 0 Å². The summed E-state index contributed by atoms with van der Waals surface area (Å²) in [5.74, 6) is 1.57. The van der Waals surface area contributed by atoms with E-state index < -0.39 is 0 Å². The van der Waals surface area contributed by atoms with Crippen molar-refractivity contribution in [2.75, 3.05) is 6.61 Å². The van der Waals surface area contributed by atoms with Gasteiger partial charge in [-0.1, -0.05) is 24.3 Å². The second kappa shape index (κ2) is 6.80. The van der Waals surface area contributed by atoms with Crippen LogP contribution in [0.4, 0.5) is 0 Å². The van der Waals surface area contributed by atoms with Gasteiger partial charge >= 0.3 is 0 Å². The highest BCUT2D eigenvalue weighted by Crippen LogP contribution is 2.32. The van der Waals surface area contributed by atoms with Crippen molar-refractivity contribution in [1.82, 2.24) is 19.6 Å². The molecule has 142 valence electrons. The number of hydrogen-bond acceptors (Lipinski definition) is 4. The molecule has 1 fully saturated rings. The average molecular weight is 374 g/mol. The van der Waals surface area contributed by atoms with Gasteiger partial charge < -0.3 is 9.84 Å². The number of hydrogen-bond donors (Lipinski definition) is 1. The Labute approximate surface area is 163 Å². The lowest BCUT2D eigenvalue weighted by Gasteiger charge is -2.11. The Kier molecular flexibility index (Phi) is 4.13. The summed E-state index contributed by atoms with van der Waals surface area (Å²) in [5.41, 5.74) is 4.46. The monoisotopic (exact) mass is 374 g/mol. The SMILES string of the molecule is Cn1ncc2cccc(-n3nc(CO)cc3-c3cccc(OCC4CC4)c3)c21. The molecule has 6 nitrogen and oxygen atoms in total. The van der Waals surface area contributed by atoms with E-state index in [4.69, 9.17) is 4.74 Å². The summed E-state index contributed by atoms with van der Waals surface area (Å²) in [6.07, 6.45) is 4.38. The first-order chi connectivity index (χ1) is 13.7. The third-order valence-corrected chi connectivity index (χ3v) is 5.20. The van der Waals surface area contributed by atoms with Crippen molar-refractivity contribution in [2.24, 2.45) is 13.0 Å². The third-order valence-electron chi connectivity index (χ3n) is 5.20. The van der Waals surface area contributed by atoms with Gasteiger partial charge in [0.1, 0.15) is 5.75 Å². The number of nitrogens with zero attached hydrogens (tertiary/aromatic N) is 4. The summed E-state index contributed by atoms with van der Waals surface area (Å²) < 4.78 is 9.69. The molecule has 1 aliphatic rings. The molecule has 0 saturated heterocycles. The number of aromatic nitrogens is 4. The van der Waals surface area contributed by atoms with Gasteiger partial charge in [-0.05, 0) is 43.0 Å². The quantitative estimate of drug-likeness (QED) is 0.559. The van der Waals surface area contributed by atoms with Crippen LogP contribution in [0.5, 0.6) is 5.75 Å². The first kappa shape index (κ1) is 17.0. The van der Waals surface area contributed by atoms with E-state index >= 15 is 0 Å². The van der Waals surface area contributed by atoms with Crippen LogP contribution in [0, 0.1) is 5.92 Å². The van der Waals surface area contributed by atoms with Crippen LogP contribution in [-0.2, 0) is 13.7 Å². The predicted octanol–water partition coefficient (Wildman–Crippen LogP) is 3.71. The van der Waals surface area contributed by atoms with Gasteiger partial charge in [0, 0.05) is 18.0 Å². The topological polar surface area (TPSA) is 65.1 Å². The lowest BCUT2D eigenvalue weighted by atomic mass is 10.1. The molecule has 5 rings (SSSR count). The van der Waals surface area contributed by atoms with E-state index in [0.29, 0.717) is 11.6 Å². The zero-order valence-electron chi connectivity index (χ0n) is 15.7. The summed E-state index contributed by atoms with van der Waals surface area (Å²) in [5, 5.41) is 19.8. The largest absolute Gasteiger partial charge is 0.493 e. The van der Waals surface area contributed by atoms with Crippen molar-refractivity contribution in [2.45, 2.75) is 19.4 Å². The first-order valence-electron chi connectivity index (χ1n) is 9.57. The smallest absolute Gasteiger partial charge is 0.119 e. The number of rotatable bonds is 6. The maximum absolute atomic E-state index is 9.69. The number of aryl methyl sites for hydroxylation is 1. The molecule has 2 aromatic heterocycles. The fourth-order valence-electron chi connectivity index (χ4n) is 3.52. The maximum atomic E-state index is 9.69. The van der Waals surface area contributed by atoms with Crippen LogP contribution in [0.3, 0.4) is 0 Å². The molecule has 0 amide bonds. The van der Waals surface area contributed by atoms with Crippen LogP contribution >= 0.6 is 0 Å². The Morgan fingerprint density at radius 1 is 1.14 bits per heavy atom. The van der Waals surface area contributed by atoms with Gasteiger partial charge in [0.25, 0.3) is 0 Å². The van der Waals surface area contributed by atoms with E-state index in [0.717, 1.165) is 40.2 Å². The van der Waals surface area contributed by atoms with Gasteiger partial charge in [0.05, 0.1) is 42.0 Å². The molecule has 6 heteroatoms. The standard InChI is InChI=1S/C22H22N4O2/c1-25-22-17(12-23-25)5-3-7-20(22)26-21(11-18(13-27)24-26)16-4-2-6-19(10-16)28-14-15-8-9-15/h2-7,10-12,15,27H,8-9,13-14H2,1H3. The molecule has 1 aliphatic carbocycles. The van der Waals surface area contributed by atoms with Gasteiger partial charge in [0.2, 0.25) is 0 Å². The Morgan fingerprint density at radius 3 is 2.82 bits per heavy atom. The van der Waals surface area contributed by atoms with E-state index in [2.05, 4.69) is 10.2 Å². The Bertz CT molecular complexity index is 1140. The van der Waals surface area contributed by atoms with Crippen LogP contribution in [0.25, 0.3) is 27.8 Å². The van der Waals surface area contributed by atoms with E-state index in [-0.39, 0.29) is 6.61 Å². The Balaban J connectivity index is 1.61. The summed E-state index contributed by atoms with van der Waals surface area (Å²) in [7, 11) is 1.92. The molecule has 0 unspecified atom stereocenters. The lowest BCUT2D eigenvalue weighted by Crippen LogP contribution is -2.04. The predicted molar refractivity (Wildman–Crippen MR) is 107 cm³/mol. The zero-order chi connectivity index (χ0) is 19.1. The zero-order valence-corrected chi connectivity index (χ0v) is 15.7. The van der Waals surface area contributed by atoms with Crippen molar-refractivity contribution < 1.29 is 9.84 Å². The van der Waals surface area contributed by atoms with Gasteiger partial charge in [-0.25, -0.2) is 4.68 Å². The fraction of sp³-hybridized carbons (Fsp3) is 0.273. The van der Waals surface area contributed by atoms with Crippen LogP contribution in [0.15, 0.2) is 54.7 Å². The van der Waals surface area contributed by atoms with E-state index in [1.165, 1.54) is 12.8 Å². The maximum Gasteiger partial charge on any atom is 0.119 e. The van der Waals surface area contributed by atoms with Gasteiger partial charge in [0.15, 0.2) is 0 Å². The van der Waals surface area contributed by atoms with Crippen molar-refractivity contribution in [3.05, 3.63) is 60.4 Å². The molecule has 0 bridgehead atoms. The van der Waals surface area contributed by atoms with Gasteiger partial charge in [-0.3, -0.25) is 4.68 Å². The minimum Gasteiger partial charge on any atom is -0.493 e. The number of para-hydroxylation sites is 1. The fourth-order valence-corrected chi connectivity index (χ4v) is 3.52. The molecule has 2 aromatic carbocycles. The third kappa shape index (κ3) is 3.05. The Hall–Kier alpha value is -3.12. The highest BCUT2D eigenvalue weighted by atomic mass is 16.5. The van der Waals surface area contributed by atoms with Crippen LogP contribution in [0.1, 0.15) is 18.5 Å². The number of aliphatic hydroxyl groups is 1. The molecule has 0 radical (unpaired) electrons. The average Bonchev–Trinajstić information content (AvgIpc) is 3.34. The molecular weight excluding hydrogens is 352 g/mol. The molecule has 0 atom stereocenters. The summed E-state index contributed by atoms with van der Waals surface area (Å²) in [6, 6.07) is 16.1. The number of fused-ring (bicyclic) bond motifs is 1. The van der Waals surface area contributed by atoms with Crippen molar-refractivity contribution in [3.8, 4) is 22.7 Å². The minimum absolute atomic E-state index is 0.112. The van der Waals surface area contributed by atoms with Crippen molar-refractivity contribution >= 4 is 10.9 Å². The molecule has 0 aliphatic heterocycles. The molecule has 1 N–H and O–H groups in total. The molecule has 4 aromatic rings. The normalized spacial score (nSPS) is 13.9. The summed E-state index contributed by atoms with van der Waals surface area (Å²) >= 11 is 0. The van der Waals surface area contributed by atoms with E-state index in [1.807, 2.05) is 71.1 Å². The molecule has 28 heavy (non-hydrogen) atoms. The summed E-state index contributed by atoms with van der Waals surface area (Å²) in [4.78, 5) is 0. The molecule has 2 heterocycles. The second-order valence-corrected chi connectivity index (χ2v) is 7.36. The molecular formula is C22H22N4O2. The highest BCUT2D eigenvalue weighted by Gasteiger charge is 2.22. The van der Waals surface area contributed by atoms with Crippen molar-refractivity contribution in [3.63, 3.8) is 0 Å². The highest BCUT2D eigenvalue weighted by molar-refractivity contribution is 5.87. The number of ether oxygens (including phenoxy) is 1. The summed E-state index contributed by atoms with van der Waals surface area (Å²) in [6.45, 7) is 0.665. The van der Waals surface area contributed by atoms with E-state index in [9.17, 15) is 5.11 Å². The molecule has 0 spiro atoms. The number of benzene rings is 2. The van der Waals surface area contributed by atoms with Crippen LogP contribution in [0.2, 0.25) is 0 Å². The van der Waals surface area contributed by atoms with Gasteiger partial charge in [-0.15, -0.1) is 0 Å². The first-order valence-corrected chi connectivity index (χ1v) is 9.57. The second-order valence-electron chi connectivity index (χ2n) is 7.36. The van der Waals surface area contributed by atoms with Crippen LogP contribution < -0.4 is 4.74 Å². The molecule has 1 saturated carbocycles. The Morgan fingerprint density at radius 2 is 2.00 bits per heavy atom. The van der Waals surface area contributed by atoms with Gasteiger partial charge in [-0.2, -0.15) is 10.2 Å².